The van der Waals surface area contributed by atoms with Crippen molar-refractivity contribution < 1.29 is 4.74 Å². The number of nitrogen functional groups attached to an aromatic ring is 1. The molecule has 0 fully saturated rings. The van der Waals surface area contributed by atoms with Crippen molar-refractivity contribution in [2.75, 3.05) is 18.9 Å². The molecule has 6 heteroatoms. The monoisotopic (exact) mass is 388 g/mol. The van der Waals surface area contributed by atoms with Crippen LogP contribution in [-0.2, 0) is 19.5 Å². The molecule has 148 valence electrons. The Morgan fingerprint density at radius 1 is 1.17 bits per heavy atom. The van der Waals surface area contributed by atoms with Gasteiger partial charge in [-0.25, -0.2) is 4.98 Å². The number of aromatic nitrogens is 2. The number of rotatable bonds is 6. The van der Waals surface area contributed by atoms with Crippen molar-refractivity contribution in [3.63, 3.8) is 0 Å². The van der Waals surface area contributed by atoms with Crippen molar-refractivity contribution in [3.05, 3.63) is 88.4 Å². The molecule has 2 aromatic carbocycles. The Hall–Kier alpha value is -3.38. The number of H-pyrrole nitrogens is 1. The molecule has 3 N–H and O–H groups in total. The normalized spacial score (nSPS) is 13.7. The van der Waals surface area contributed by atoms with Gasteiger partial charge < -0.3 is 15.5 Å². The number of aromatic amines is 1. The lowest BCUT2D eigenvalue weighted by Gasteiger charge is -2.27. The summed E-state index contributed by atoms with van der Waals surface area (Å²) in [6, 6.07) is 15.4. The largest absolute Gasteiger partial charge is 0.490 e. The summed E-state index contributed by atoms with van der Waals surface area (Å²) in [5.74, 6) is 1.42. The Bertz CT molecular complexity index is 1060. The molecule has 6 nitrogen and oxygen atoms in total. The third-order valence-corrected chi connectivity index (χ3v) is 5.03. The lowest BCUT2D eigenvalue weighted by Crippen LogP contribution is -2.35. The molecule has 2 heterocycles. The zero-order valence-corrected chi connectivity index (χ0v) is 16.2. The average Bonchev–Trinajstić information content (AvgIpc) is 2.74. The van der Waals surface area contributed by atoms with Gasteiger partial charge in [0.15, 0.2) is 0 Å². The maximum atomic E-state index is 12.7. The summed E-state index contributed by atoms with van der Waals surface area (Å²) in [6.07, 6.45) is 2.48. The Morgan fingerprint density at radius 2 is 1.93 bits per heavy atom. The lowest BCUT2D eigenvalue weighted by atomic mass is 10.1. The van der Waals surface area contributed by atoms with Crippen LogP contribution in [0.4, 0.5) is 5.69 Å². The number of nitrogens with zero attached hydrogens (tertiary/aromatic N) is 2. The molecule has 0 amide bonds. The van der Waals surface area contributed by atoms with E-state index in [2.05, 4.69) is 28.6 Å². The van der Waals surface area contributed by atoms with Crippen molar-refractivity contribution in [3.8, 4) is 17.1 Å². The molecule has 3 aromatic rings. The number of hydrogen-bond donors (Lipinski definition) is 2. The molecular formula is C23H24N4O2. The van der Waals surface area contributed by atoms with Gasteiger partial charge in [-0.15, -0.1) is 0 Å². The molecular weight excluding hydrogens is 364 g/mol. The van der Waals surface area contributed by atoms with Crippen molar-refractivity contribution in [1.82, 2.24) is 14.9 Å². The predicted octanol–water partition coefficient (Wildman–Crippen LogP) is 3.14. The number of hydrogen-bond acceptors (Lipinski definition) is 5. The van der Waals surface area contributed by atoms with Gasteiger partial charge in [0.2, 0.25) is 0 Å². The first-order valence-corrected chi connectivity index (χ1v) is 9.65. The van der Waals surface area contributed by atoms with Crippen LogP contribution in [0, 0.1) is 0 Å². The van der Waals surface area contributed by atoms with Crippen molar-refractivity contribution in [2.45, 2.75) is 19.5 Å². The predicted molar refractivity (Wildman–Crippen MR) is 115 cm³/mol. The van der Waals surface area contributed by atoms with Gasteiger partial charge in [-0.2, -0.15) is 0 Å². The van der Waals surface area contributed by atoms with Crippen LogP contribution in [0.5, 0.6) is 5.75 Å². The van der Waals surface area contributed by atoms with E-state index in [4.69, 9.17) is 15.5 Å². The average molecular weight is 388 g/mol. The Kier molecular flexibility index (Phi) is 5.44. The molecule has 0 saturated heterocycles. The molecule has 0 radical (unpaired) electrons. The van der Waals surface area contributed by atoms with Crippen LogP contribution in [0.3, 0.4) is 0 Å². The first-order chi connectivity index (χ1) is 14.1. The summed E-state index contributed by atoms with van der Waals surface area (Å²) in [4.78, 5) is 22.6. The smallest absolute Gasteiger partial charge is 0.255 e. The molecule has 0 saturated carbocycles. The summed E-state index contributed by atoms with van der Waals surface area (Å²) in [5.41, 5.74) is 10.0. The van der Waals surface area contributed by atoms with Crippen LogP contribution < -0.4 is 16.0 Å². The van der Waals surface area contributed by atoms with Crippen LogP contribution in [0.2, 0.25) is 0 Å². The molecule has 4 rings (SSSR count). The van der Waals surface area contributed by atoms with Crippen LogP contribution in [0.25, 0.3) is 11.4 Å². The quantitative estimate of drug-likeness (QED) is 0.501. The second kappa shape index (κ2) is 8.32. The molecule has 29 heavy (non-hydrogen) atoms. The fourth-order valence-corrected chi connectivity index (χ4v) is 3.50. The first kappa shape index (κ1) is 19.0. The minimum absolute atomic E-state index is 0.0697. The van der Waals surface area contributed by atoms with Crippen LogP contribution >= 0.6 is 0 Å². The molecule has 0 spiro atoms. The minimum atomic E-state index is -0.0697. The highest BCUT2D eigenvalue weighted by Gasteiger charge is 2.21. The third kappa shape index (κ3) is 4.38. The second-order valence-electron chi connectivity index (χ2n) is 7.17. The number of nitrogens with one attached hydrogen (secondary N) is 1. The second-order valence-corrected chi connectivity index (χ2v) is 7.17. The highest BCUT2D eigenvalue weighted by atomic mass is 16.5. The summed E-state index contributed by atoms with van der Waals surface area (Å²) in [7, 11) is 0. The third-order valence-electron chi connectivity index (χ3n) is 5.03. The van der Waals surface area contributed by atoms with Crippen LogP contribution in [-0.4, -0.2) is 28.0 Å². The molecule has 0 atom stereocenters. The van der Waals surface area contributed by atoms with Crippen molar-refractivity contribution in [1.29, 1.82) is 0 Å². The summed E-state index contributed by atoms with van der Waals surface area (Å²) >= 11 is 0. The van der Waals surface area contributed by atoms with Gasteiger partial charge >= 0.3 is 0 Å². The van der Waals surface area contributed by atoms with E-state index in [-0.39, 0.29) is 5.56 Å². The highest BCUT2D eigenvalue weighted by Crippen LogP contribution is 2.21. The van der Waals surface area contributed by atoms with E-state index in [0.29, 0.717) is 24.7 Å². The number of benzene rings is 2. The van der Waals surface area contributed by atoms with E-state index < -0.39 is 0 Å². The summed E-state index contributed by atoms with van der Waals surface area (Å²) < 4.78 is 5.52. The maximum Gasteiger partial charge on any atom is 0.255 e. The van der Waals surface area contributed by atoms with E-state index in [1.807, 2.05) is 36.4 Å². The maximum absolute atomic E-state index is 12.7. The van der Waals surface area contributed by atoms with E-state index in [9.17, 15) is 4.79 Å². The standard InChI is InChI=1S/C23H24N4O2/c1-2-13-29-19-9-3-16(4-10-19)14-27-12-11-21-20(15-27)23(28)26-22(25-21)17-5-7-18(24)8-6-17/h2-10H,1,11-15,24H2,(H,25,26,28). The molecule has 1 aromatic heterocycles. The number of anilines is 1. The lowest BCUT2D eigenvalue weighted by molar-refractivity contribution is 0.241. The number of nitrogens with two attached hydrogens (primary N) is 1. The zero-order valence-electron chi connectivity index (χ0n) is 16.2. The topological polar surface area (TPSA) is 84.2 Å². The van der Waals surface area contributed by atoms with Crippen LogP contribution in [0.1, 0.15) is 16.8 Å². The Labute approximate surface area is 169 Å². The zero-order chi connectivity index (χ0) is 20.2. The van der Waals surface area contributed by atoms with E-state index in [1.54, 1.807) is 6.08 Å². The highest BCUT2D eigenvalue weighted by molar-refractivity contribution is 5.58. The molecule has 0 aliphatic carbocycles. The SMILES string of the molecule is C=CCOc1ccc(CN2CCc3nc(-c4ccc(N)cc4)[nH]c(=O)c3C2)cc1. The fourth-order valence-electron chi connectivity index (χ4n) is 3.50. The van der Waals surface area contributed by atoms with Crippen molar-refractivity contribution in [2.24, 2.45) is 0 Å². The van der Waals surface area contributed by atoms with Gasteiger partial charge in [0.05, 0.1) is 11.3 Å². The van der Waals surface area contributed by atoms with Gasteiger partial charge in [-0.05, 0) is 42.0 Å². The van der Waals surface area contributed by atoms with Gasteiger partial charge in [0.25, 0.3) is 5.56 Å². The van der Waals surface area contributed by atoms with Gasteiger partial charge in [0.1, 0.15) is 18.2 Å². The van der Waals surface area contributed by atoms with Gasteiger partial charge in [-0.3, -0.25) is 9.69 Å². The van der Waals surface area contributed by atoms with Crippen LogP contribution in [0.15, 0.2) is 66.0 Å². The minimum Gasteiger partial charge on any atom is -0.490 e. The summed E-state index contributed by atoms with van der Waals surface area (Å²) in [6.45, 7) is 6.38. The number of ether oxygens (including phenoxy) is 1. The summed E-state index contributed by atoms with van der Waals surface area (Å²) in [5, 5.41) is 0. The first-order valence-electron chi connectivity index (χ1n) is 9.65. The van der Waals surface area contributed by atoms with Gasteiger partial charge in [0, 0.05) is 37.3 Å². The van der Waals surface area contributed by atoms with E-state index >= 15 is 0 Å². The Balaban J connectivity index is 1.48. The molecule has 0 bridgehead atoms. The molecule has 1 aliphatic rings. The number of fused-ring (bicyclic) bond motifs is 1. The van der Waals surface area contributed by atoms with E-state index in [1.165, 1.54) is 5.56 Å². The molecule has 1 aliphatic heterocycles. The molecule has 0 unspecified atom stereocenters. The van der Waals surface area contributed by atoms with E-state index in [0.717, 1.165) is 42.1 Å². The van der Waals surface area contributed by atoms with Gasteiger partial charge in [-0.1, -0.05) is 24.8 Å². The van der Waals surface area contributed by atoms with Crippen molar-refractivity contribution >= 4 is 5.69 Å². The fraction of sp³-hybridized carbons (Fsp3) is 0.217. The Morgan fingerprint density at radius 3 is 2.66 bits per heavy atom.